The molecule has 2 aliphatic heterocycles. The number of likely N-dealkylation sites (tertiary alicyclic amines) is 1. The summed E-state index contributed by atoms with van der Waals surface area (Å²) in [6.45, 7) is 11.4. The van der Waals surface area contributed by atoms with E-state index in [0.29, 0.717) is 18.2 Å². The first-order valence-electron chi connectivity index (χ1n) is 6.76. The van der Waals surface area contributed by atoms with Gasteiger partial charge in [-0.25, -0.2) is 0 Å². The molecule has 3 nitrogen and oxygen atoms in total. The highest BCUT2D eigenvalue weighted by Crippen LogP contribution is 2.25. The van der Waals surface area contributed by atoms with Gasteiger partial charge in [0.1, 0.15) is 0 Å². The number of nitrogens with zero attached hydrogens (tertiary/aromatic N) is 1. The van der Waals surface area contributed by atoms with E-state index in [2.05, 4.69) is 31.0 Å². The lowest BCUT2D eigenvalue weighted by Gasteiger charge is -2.32. The Bertz CT molecular complexity index is 208. The minimum atomic E-state index is 0.529. The topological polar surface area (TPSA) is 24.5 Å². The second-order valence-electron chi connectivity index (χ2n) is 5.70. The molecule has 2 bridgehead atoms. The number of ether oxygens (including phenoxy) is 1. The highest BCUT2D eigenvalue weighted by atomic mass is 16.5. The molecule has 0 radical (unpaired) electrons. The number of nitrogens with one attached hydrogen (secondary N) is 1. The fourth-order valence-corrected chi connectivity index (χ4v) is 2.57. The summed E-state index contributed by atoms with van der Waals surface area (Å²) in [6, 6.07) is 0.623. The molecule has 3 heteroatoms. The minimum absolute atomic E-state index is 0.529. The Kier molecular flexibility index (Phi) is 4.22. The third-order valence-corrected chi connectivity index (χ3v) is 4.01. The largest absolute Gasteiger partial charge is 0.372 e. The summed E-state index contributed by atoms with van der Waals surface area (Å²) < 4.78 is 5.83. The predicted molar refractivity (Wildman–Crippen MR) is 66.6 cm³/mol. The van der Waals surface area contributed by atoms with E-state index in [0.717, 1.165) is 25.6 Å². The van der Waals surface area contributed by atoms with Gasteiger partial charge in [-0.05, 0) is 25.7 Å². The van der Waals surface area contributed by atoms with E-state index in [-0.39, 0.29) is 0 Å². The third kappa shape index (κ3) is 3.19. The van der Waals surface area contributed by atoms with Crippen molar-refractivity contribution in [2.75, 3.05) is 26.2 Å². The molecule has 0 aromatic rings. The van der Waals surface area contributed by atoms with Crippen LogP contribution in [0.3, 0.4) is 0 Å². The Balaban J connectivity index is 1.63. The van der Waals surface area contributed by atoms with E-state index in [4.69, 9.17) is 4.74 Å². The summed E-state index contributed by atoms with van der Waals surface area (Å²) in [5.41, 5.74) is 0. The number of morpholine rings is 1. The fourth-order valence-electron chi connectivity index (χ4n) is 2.57. The Morgan fingerprint density at radius 3 is 2.38 bits per heavy atom. The average Bonchev–Trinajstić information content (AvgIpc) is 2.58. The molecule has 16 heavy (non-hydrogen) atoms. The average molecular weight is 226 g/mol. The van der Waals surface area contributed by atoms with Crippen molar-refractivity contribution in [3.8, 4) is 0 Å². The molecule has 2 heterocycles. The molecule has 0 amide bonds. The SMILES string of the molecule is CC(C)C(C)NCCN1CC2CCC(C1)O2. The highest BCUT2D eigenvalue weighted by Gasteiger charge is 2.33. The van der Waals surface area contributed by atoms with E-state index in [1.165, 1.54) is 19.4 Å². The molecule has 0 aromatic heterocycles. The van der Waals surface area contributed by atoms with Gasteiger partial charge in [0.15, 0.2) is 0 Å². The van der Waals surface area contributed by atoms with Gasteiger partial charge in [0.05, 0.1) is 12.2 Å². The molecule has 2 saturated heterocycles. The lowest BCUT2D eigenvalue weighted by Crippen LogP contribution is -2.46. The zero-order valence-electron chi connectivity index (χ0n) is 10.9. The van der Waals surface area contributed by atoms with Gasteiger partial charge in [-0.3, -0.25) is 4.90 Å². The van der Waals surface area contributed by atoms with Crippen LogP contribution >= 0.6 is 0 Å². The zero-order valence-corrected chi connectivity index (χ0v) is 10.9. The summed E-state index contributed by atoms with van der Waals surface area (Å²) in [4.78, 5) is 2.56. The molecule has 2 fully saturated rings. The van der Waals surface area contributed by atoms with Crippen LogP contribution in [-0.4, -0.2) is 49.3 Å². The Morgan fingerprint density at radius 2 is 1.81 bits per heavy atom. The molecule has 3 unspecified atom stereocenters. The monoisotopic (exact) mass is 226 g/mol. The van der Waals surface area contributed by atoms with Gasteiger partial charge in [0.2, 0.25) is 0 Å². The number of rotatable bonds is 5. The molecular formula is C13H26N2O. The molecule has 3 atom stereocenters. The molecule has 2 aliphatic rings. The van der Waals surface area contributed by atoms with Crippen molar-refractivity contribution in [1.29, 1.82) is 0 Å². The standard InChI is InChI=1S/C13H26N2O/c1-10(2)11(3)14-6-7-15-8-12-4-5-13(9-15)16-12/h10-14H,4-9H2,1-3H3. The molecule has 0 spiro atoms. The van der Waals surface area contributed by atoms with Gasteiger partial charge in [0.25, 0.3) is 0 Å². The summed E-state index contributed by atoms with van der Waals surface area (Å²) in [7, 11) is 0. The number of hydrogen-bond donors (Lipinski definition) is 1. The first-order valence-corrected chi connectivity index (χ1v) is 6.76. The molecule has 94 valence electrons. The van der Waals surface area contributed by atoms with Crippen LogP contribution in [0.5, 0.6) is 0 Å². The maximum absolute atomic E-state index is 5.83. The van der Waals surface area contributed by atoms with Crippen molar-refractivity contribution in [3.05, 3.63) is 0 Å². The second-order valence-corrected chi connectivity index (χ2v) is 5.70. The van der Waals surface area contributed by atoms with Crippen LogP contribution in [0.4, 0.5) is 0 Å². The van der Waals surface area contributed by atoms with Gasteiger partial charge >= 0.3 is 0 Å². The first-order chi connectivity index (χ1) is 7.65. The van der Waals surface area contributed by atoms with Crippen LogP contribution in [0.25, 0.3) is 0 Å². The predicted octanol–water partition coefficient (Wildman–Crippen LogP) is 1.48. The van der Waals surface area contributed by atoms with Crippen LogP contribution < -0.4 is 5.32 Å². The van der Waals surface area contributed by atoms with Gasteiger partial charge in [0, 0.05) is 32.2 Å². The van der Waals surface area contributed by atoms with Crippen LogP contribution in [0, 0.1) is 5.92 Å². The highest BCUT2D eigenvalue weighted by molar-refractivity contribution is 4.85. The normalized spacial score (nSPS) is 32.2. The summed E-state index contributed by atoms with van der Waals surface area (Å²) >= 11 is 0. The first kappa shape index (κ1) is 12.3. The van der Waals surface area contributed by atoms with E-state index in [1.54, 1.807) is 0 Å². The minimum Gasteiger partial charge on any atom is -0.372 e. The smallest absolute Gasteiger partial charge is 0.0707 e. The van der Waals surface area contributed by atoms with Crippen molar-refractivity contribution in [3.63, 3.8) is 0 Å². The van der Waals surface area contributed by atoms with Crippen LogP contribution in [0.15, 0.2) is 0 Å². The molecule has 0 aliphatic carbocycles. The lowest BCUT2D eigenvalue weighted by atomic mass is 10.1. The quantitative estimate of drug-likeness (QED) is 0.768. The van der Waals surface area contributed by atoms with Crippen molar-refractivity contribution >= 4 is 0 Å². The number of fused-ring (bicyclic) bond motifs is 2. The van der Waals surface area contributed by atoms with Crippen LogP contribution in [0.2, 0.25) is 0 Å². The fraction of sp³-hybridized carbons (Fsp3) is 1.00. The van der Waals surface area contributed by atoms with Gasteiger partial charge in [-0.2, -0.15) is 0 Å². The molecule has 1 N–H and O–H groups in total. The molecular weight excluding hydrogens is 200 g/mol. The Morgan fingerprint density at radius 1 is 1.19 bits per heavy atom. The summed E-state index contributed by atoms with van der Waals surface area (Å²) in [5.74, 6) is 0.723. The maximum Gasteiger partial charge on any atom is 0.0707 e. The van der Waals surface area contributed by atoms with Crippen molar-refractivity contribution in [2.24, 2.45) is 5.92 Å². The van der Waals surface area contributed by atoms with E-state index in [1.807, 2.05) is 0 Å². The summed E-state index contributed by atoms with van der Waals surface area (Å²) in [5, 5.41) is 3.60. The maximum atomic E-state index is 5.83. The van der Waals surface area contributed by atoms with E-state index < -0.39 is 0 Å². The lowest BCUT2D eigenvalue weighted by molar-refractivity contribution is -0.0378. The second kappa shape index (κ2) is 5.48. The van der Waals surface area contributed by atoms with E-state index >= 15 is 0 Å². The molecule has 0 saturated carbocycles. The number of hydrogen-bond acceptors (Lipinski definition) is 3. The van der Waals surface area contributed by atoms with Crippen molar-refractivity contribution in [2.45, 2.75) is 51.9 Å². The van der Waals surface area contributed by atoms with Gasteiger partial charge in [-0.15, -0.1) is 0 Å². The third-order valence-electron chi connectivity index (χ3n) is 4.01. The zero-order chi connectivity index (χ0) is 11.5. The Hall–Kier alpha value is -0.120. The molecule has 0 aromatic carbocycles. The summed E-state index contributed by atoms with van der Waals surface area (Å²) in [6.07, 6.45) is 3.61. The van der Waals surface area contributed by atoms with Crippen LogP contribution in [0.1, 0.15) is 33.6 Å². The molecule has 2 rings (SSSR count). The van der Waals surface area contributed by atoms with Gasteiger partial charge < -0.3 is 10.1 Å². The van der Waals surface area contributed by atoms with Crippen molar-refractivity contribution in [1.82, 2.24) is 10.2 Å². The Labute approximate surface area is 99.5 Å². The van der Waals surface area contributed by atoms with Crippen LogP contribution in [-0.2, 0) is 4.74 Å². The van der Waals surface area contributed by atoms with Crippen molar-refractivity contribution < 1.29 is 4.74 Å². The van der Waals surface area contributed by atoms with E-state index in [9.17, 15) is 0 Å². The van der Waals surface area contributed by atoms with Gasteiger partial charge in [-0.1, -0.05) is 13.8 Å².